The van der Waals surface area contributed by atoms with Gasteiger partial charge in [-0.05, 0) is 36.1 Å². The Balaban J connectivity index is 2.06. The predicted molar refractivity (Wildman–Crippen MR) is 71.5 cm³/mol. The Hall–Kier alpha value is -1.87. The van der Waals surface area contributed by atoms with Gasteiger partial charge in [-0.25, -0.2) is 0 Å². The van der Waals surface area contributed by atoms with Crippen LogP contribution < -0.4 is 10.5 Å². The third-order valence-corrected chi connectivity index (χ3v) is 3.57. The van der Waals surface area contributed by atoms with Crippen molar-refractivity contribution in [3.63, 3.8) is 0 Å². The molecule has 1 aliphatic rings. The molecule has 0 saturated heterocycles. The Kier molecular flexibility index (Phi) is 2.76. The summed E-state index contributed by atoms with van der Waals surface area (Å²) in [7, 11) is 1.65. The molecule has 1 unspecified atom stereocenters. The number of fused-ring (bicyclic) bond motifs is 1. The second kappa shape index (κ2) is 4.42. The van der Waals surface area contributed by atoms with Gasteiger partial charge >= 0.3 is 0 Å². The van der Waals surface area contributed by atoms with Crippen LogP contribution in [0.3, 0.4) is 0 Å². The molecule has 0 aliphatic heterocycles. The number of methoxy groups -OCH3 is 1. The fourth-order valence-corrected chi connectivity index (χ4v) is 2.59. The first-order chi connectivity index (χ1) is 8.79. The van der Waals surface area contributed by atoms with Crippen molar-refractivity contribution in [3.8, 4) is 17.0 Å². The van der Waals surface area contributed by atoms with Crippen molar-refractivity contribution in [1.29, 1.82) is 0 Å². The molecule has 3 heteroatoms. The SMILES string of the molecule is COc1ccc(-c2cccc3c2CCC3N)nc1. The third kappa shape index (κ3) is 1.77. The molecule has 0 saturated carbocycles. The average Bonchev–Trinajstić information content (AvgIpc) is 2.81. The van der Waals surface area contributed by atoms with E-state index in [2.05, 4.69) is 23.2 Å². The maximum atomic E-state index is 6.10. The number of hydrogen-bond acceptors (Lipinski definition) is 3. The van der Waals surface area contributed by atoms with Crippen molar-refractivity contribution in [3.05, 3.63) is 47.7 Å². The van der Waals surface area contributed by atoms with E-state index in [-0.39, 0.29) is 6.04 Å². The first kappa shape index (κ1) is 11.2. The molecular weight excluding hydrogens is 224 g/mol. The minimum atomic E-state index is 0.179. The standard InChI is InChI=1S/C15H16N2O/c1-18-10-5-8-15(17-9-10)13-4-2-3-12-11(13)6-7-14(12)16/h2-5,8-9,14H,6-7,16H2,1H3. The average molecular weight is 240 g/mol. The van der Waals surface area contributed by atoms with Crippen molar-refractivity contribution >= 4 is 0 Å². The van der Waals surface area contributed by atoms with Gasteiger partial charge in [-0.2, -0.15) is 0 Å². The fourth-order valence-electron chi connectivity index (χ4n) is 2.59. The Bertz CT molecular complexity index is 563. The highest BCUT2D eigenvalue weighted by atomic mass is 16.5. The number of aromatic nitrogens is 1. The first-order valence-corrected chi connectivity index (χ1v) is 6.17. The molecule has 0 bridgehead atoms. The lowest BCUT2D eigenvalue weighted by atomic mass is 10.00. The largest absolute Gasteiger partial charge is 0.495 e. The van der Waals surface area contributed by atoms with Crippen LogP contribution in [0.15, 0.2) is 36.5 Å². The second-order valence-corrected chi connectivity index (χ2v) is 4.60. The lowest BCUT2D eigenvalue weighted by molar-refractivity contribution is 0.413. The summed E-state index contributed by atoms with van der Waals surface area (Å²) in [4.78, 5) is 4.46. The summed E-state index contributed by atoms with van der Waals surface area (Å²) in [6, 6.07) is 10.4. The van der Waals surface area contributed by atoms with Crippen LogP contribution in [-0.2, 0) is 6.42 Å². The van der Waals surface area contributed by atoms with E-state index in [1.165, 1.54) is 16.7 Å². The Morgan fingerprint density at radius 1 is 1.28 bits per heavy atom. The number of benzene rings is 1. The van der Waals surface area contributed by atoms with Crippen LogP contribution in [0.2, 0.25) is 0 Å². The molecule has 0 fully saturated rings. The Morgan fingerprint density at radius 3 is 2.89 bits per heavy atom. The Labute approximate surface area is 107 Å². The molecule has 1 aliphatic carbocycles. The molecule has 1 atom stereocenters. The summed E-state index contributed by atoms with van der Waals surface area (Å²) in [6.45, 7) is 0. The van der Waals surface area contributed by atoms with Crippen LogP contribution in [0.1, 0.15) is 23.6 Å². The quantitative estimate of drug-likeness (QED) is 0.878. The highest BCUT2D eigenvalue weighted by Crippen LogP contribution is 2.35. The maximum Gasteiger partial charge on any atom is 0.137 e. The molecule has 1 heterocycles. The van der Waals surface area contributed by atoms with Gasteiger partial charge in [0, 0.05) is 11.6 Å². The van der Waals surface area contributed by atoms with E-state index < -0.39 is 0 Å². The number of ether oxygens (including phenoxy) is 1. The normalized spacial score (nSPS) is 17.6. The first-order valence-electron chi connectivity index (χ1n) is 6.17. The van der Waals surface area contributed by atoms with Gasteiger partial charge in [-0.1, -0.05) is 18.2 Å². The minimum Gasteiger partial charge on any atom is -0.495 e. The van der Waals surface area contributed by atoms with Gasteiger partial charge in [-0.3, -0.25) is 4.98 Å². The van der Waals surface area contributed by atoms with Gasteiger partial charge < -0.3 is 10.5 Å². The summed E-state index contributed by atoms with van der Waals surface area (Å²) in [5.41, 5.74) is 10.9. The van der Waals surface area contributed by atoms with Crippen LogP contribution in [0, 0.1) is 0 Å². The molecule has 1 aromatic carbocycles. The lowest BCUT2D eigenvalue weighted by Crippen LogP contribution is -2.05. The van der Waals surface area contributed by atoms with Crippen molar-refractivity contribution in [2.75, 3.05) is 7.11 Å². The Morgan fingerprint density at radius 2 is 2.17 bits per heavy atom. The summed E-state index contributed by atoms with van der Waals surface area (Å²) < 4.78 is 5.13. The summed E-state index contributed by atoms with van der Waals surface area (Å²) in [6.07, 6.45) is 3.83. The van der Waals surface area contributed by atoms with Crippen LogP contribution in [0.25, 0.3) is 11.3 Å². The van der Waals surface area contributed by atoms with Crippen LogP contribution in [0.5, 0.6) is 5.75 Å². The molecule has 1 aromatic heterocycles. The monoisotopic (exact) mass is 240 g/mol. The fraction of sp³-hybridized carbons (Fsp3) is 0.267. The van der Waals surface area contributed by atoms with Crippen molar-refractivity contribution in [1.82, 2.24) is 4.98 Å². The molecule has 2 aromatic rings. The second-order valence-electron chi connectivity index (χ2n) is 4.60. The van der Waals surface area contributed by atoms with E-state index in [4.69, 9.17) is 10.5 Å². The van der Waals surface area contributed by atoms with Crippen LogP contribution in [-0.4, -0.2) is 12.1 Å². The van der Waals surface area contributed by atoms with Gasteiger partial charge in [-0.15, -0.1) is 0 Å². The van der Waals surface area contributed by atoms with Crippen molar-refractivity contribution in [2.24, 2.45) is 5.73 Å². The van der Waals surface area contributed by atoms with E-state index in [0.29, 0.717) is 0 Å². The van der Waals surface area contributed by atoms with E-state index in [0.717, 1.165) is 24.3 Å². The van der Waals surface area contributed by atoms with Crippen LogP contribution >= 0.6 is 0 Å². The minimum absolute atomic E-state index is 0.179. The zero-order valence-corrected chi connectivity index (χ0v) is 10.4. The van der Waals surface area contributed by atoms with Crippen LogP contribution in [0.4, 0.5) is 0 Å². The molecule has 3 rings (SSSR count). The van der Waals surface area contributed by atoms with E-state index in [9.17, 15) is 0 Å². The molecule has 18 heavy (non-hydrogen) atoms. The van der Waals surface area contributed by atoms with Gasteiger partial charge in [0.05, 0.1) is 19.0 Å². The van der Waals surface area contributed by atoms with Gasteiger partial charge in [0.25, 0.3) is 0 Å². The molecule has 3 nitrogen and oxygen atoms in total. The predicted octanol–water partition coefficient (Wildman–Crippen LogP) is 2.70. The smallest absolute Gasteiger partial charge is 0.137 e. The summed E-state index contributed by atoms with van der Waals surface area (Å²) >= 11 is 0. The molecule has 2 N–H and O–H groups in total. The van der Waals surface area contributed by atoms with E-state index in [1.807, 2.05) is 12.1 Å². The van der Waals surface area contributed by atoms with Crippen molar-refractivity contribution in [2.45, 2.75) is 18.9 Å². The number of rotatable bonds is 2. The highest BCUT2D eigenvalue weighted by Gasteiger charge is 2.22. The molecule has 0 amide bonds. The lowest BCUT2D eigenvalue weighted by Gasteiger charge is -2.09. The maximum absolute atomic E-state index is 6.10. The summed E-state index contributed by atoms with van der Waals surface area (Å²) in [5, 5.41) is 0. The van der Waals surface area contributed by atoms with E-state index in [1.54, 1.807) is 13.3 Å². The summed E-state index contributed by atoms with van der Waals surface area (Å²) in [5.74, 6) is 0.781. The molecule has 92 valence electrons. The number of hydrogen-bond donors (Lipinski definition) is 1. The van der Waals surface area contributed by atoms with Crippen molar-refractivity contribution < 1.29 is 4.74 Å². The number of pyridine rings is 1. The van der Waals surface area contributed by atoms with Gasteiger partial charge in [0.2, 0.25) is 0 Å². The zero-order valence-electron chi connectivity index (χ0n) is 10.4. The number of nitrogens with zero attached hydrogens (tertiary/aromatic N) is 1. The zero-order chi connectivity index (χ0) is 12.5. The van der Waals surface area contributed by atoms with Gasteiger partial charge in [0.15, 0.2) is 0 Å². The molecular formula is C15H16N2O. The van der Waals surface area contributed by atoms with E-state index >= 15 is 0 Å². The van der Waals surface area contributed by atoms with Gasteiger partial charge in [0.1, 0.15) is 5.75 Å². The molecule has 0 spiro atoms. The highest BCUT2D eigenvalue weighted by molar-refractivity contribution is 5.67. The third-order valence-electron chi connectivity index (χ3n) is 3.57. The molecule has 0 radical (unpaired) electrons. The topological polar surface area (TPSA) is 48.1 Å². The number of nitrogens with two attached hydrogens (primary N) is 1.